The lowest BCUT2D eigenvalue weighted by atomic mass is 9.96. The second kappa shape index (κ2) is 23.9. The lowest BCUT2D eigenvalue weighted by molar-refractivity contribution is -0.193. The number of aromatic hydroxyl groups is 1. The Morgan fingerprint density at radius 3 is 1.85 bits per heavy atom. The number of pyridine rings is 1. The zero-order chi connectivity index (χ0) is 49.6. The Morgan fingerprint density at radius 1 is 0.735 bits per heavy atom. The van der Waals surface area contributed by atoms with Gasteiger partial charge in [-0.25, -0.2) is 18.8 Å². The van der Waals surface area contributed by atoms with Crippen molar-refractivity contribution in [3.05, 3.63) is 130 Å². The number of aliphatic hydroxyl groups excluding tert-OH is 1. The number of phenols is 1. The lowest BCUT2D eigenvalue weighted by Crippen LogP contribution is -2.38. The van der Waals surface area contributed by atoms with Crippen LogP contribution in [0.1, 0.15) is 48.5 Å². The molecule has 21 heteroatoms. The van der Waals surface area contributed by atoms with Crippen molar-refractivity contribution in [2.24, 2.45) is 5.92 Å². The topological polar surface area (TPSA) is 205 Å². The summed E-state index contributed by atoms with van der Waals surface area (Å²) >= 11 is 0. The lowest BCUT2D eigenvalue weighted by Gasteiger charge is -2.33. The first-order valence-electron chi connectivity index (χ1n) is 21.4. The summed E-state index contributed by atoms with van der Waals surface area (Å²) in [6.07, 6.45) is -8.30. The van der Waals surface area contributed by atoms with Crippen LogP contribution >= 0.6 is 0 Å². The number of piperidine rings is 2. The largest absolute Gasteiger partial charge is 0.506 e. The SMILES string of the molecule is O=C(Nc1ccccc1-c1ccccc1)OC1CCN(Cc2cccc(CN3CCC(CNC[C@H](O)c4ccc(O)c5[nH]c(=O)ccc45)CC3)c2F)CC1.O=C(O)C(F)(F)F.O=C(O)C(F)(F)F. The number of ether oxygens (including phenoxy) is 1. The van der Waals surface area contributed by atoms with Crippen LogP contribution in [0.4, 0.5) is 41.2 Å². The van der Waals surface area contributed by atoms with Crippen LogP contribution in [0.25, 0.3) is 22.0 Å². The van der Waals surface area contributed by atoms with Crippen molar-refractivity contribution in [1.29, 1.82) is 0 Å². The average molecular weight is 962 g/mol. The number of aliphatic hydroxyl groups is 1. The van der Waals surface area contributed by atoms with Crippen LogP contribution in [0.15, 0.2) is 102 Å². The molecule has 0 unspecified atom stereocenters. The molecule has 2 aliphatic rings. The third kappa shape index (κ3) is 15.5. The molecule has 0 saturated carbocycles. The summed E-state index contributed by atoms with van der Waals surface area (Å²) in [5, 5.41) is 42.2. The molecule has 4 aromatic carbocycles. The van der Waals surface area contributed by atoms with E-state index in [4.69, 9.17) is 24.5 Å². The summed E-state index contributed by atoms with van der Waals surface area (Å²) in [5.41, 5.74) is 4.71. The minimum absolute atomic E-state index is 0.0300. The van der Waals surface area contributed by atoms with E-state index >= 15 is 4.39 Å². The van der Waals surface area contributed by atoms with E-state index in [2.05, 4.69) is 25.4 Å². The Bertz CT molecular complexity index is 2500. The highest BCUT2D eigenvalue weighted by Gasteiger charge is 2.39. The Hall–Kier alpha value is -6.55. The van der Waals surface area contributed by atoms with Crippen LogP contribution in [0.2, 0.25) is 0 Å². The van der Waals surface area contributed by atoms with Crippen LogP contribution in [-0.2, 0) is 27.4 Å². The molecule has 14 nitrogen and oxygen atoms in total. The van der Waals surface area contributed by atoms with Crippen molar-refractivity contribution in [2.45, 2.75) is 63.3 Å². The third-order valence-corrected chi connectivity index (χ3v) is 11.2. The van der Waals surface area contributed by atoms with Gasteiger partial charge in [0.1, 0.15) is 17.7 Å². The van der Waals surface area contributed by atoms with E-state index in [1.54, 1.807) is 12.1 Å². The van der Waals surface area contributed by atoms with Crippen LogP contribution in [0, 0.1) is 11.7 Å². The Labute approximate surface area is 385 Å². The van der Waals surface area contributed by atoms with Crippen molar-refractivity contribution in [2.75, 3.05) is 44.6 Å². The molecule has 2 saturated heterocycles. The van der Waals surface area contributed by atoms with E-state index in [-0.39, 0.29) is 23.2 Å². The van der Waals surface area contributed by atoms with E-state index in [0.717, 1.165) is 43.6 Å². The third-order valence-electron chi connectivity index (χ3n) is 11.2. The summed E-state index contributed by atoms with van der Waals surface area (Å²) in [5.74, 6) is -5.24. The number of anilines is 1. The van der Waals surface area contributed by atoms with Gasteiger partial charge in [0, 0.05) is 60.9 Å². The van der Waals surface area contributed by atoms with Crippen molar-refractivity contribution < 1.29 is 70.3 Å². The zero-order valence-electron chi connectivity index (χ0n) is 36.3. The van der Waals surface area contributed by atoms with Gasteiger partial charge in [-0.05, 0) is 80.6 Å². The second-order valence-electron chi connectivity index (χ2n) is 16.1. The van der Waals surface area contributed by atoms with E-state index in [0.29, 0.717) is 84.8 Å². The number of carboxylic acid groups (broad SMARTS) is 2. The predicted molar refractivity (Wildman–Crippen MR) is 236 cm³/mol. The number of likely N-dealkylation sites (tertiary alicyclic amines) is 2. The van der Waals surface area contributed by atoms with Gasteiger partial charge in [0.25, 0.3) is 0 Å². The molecule has 1 amide bonds. The smallest absolute Gasteiger partial charge is 0.490 e. The van der Waals surface area contributed by atoms with E-state index in [9.17, 15) is 46.1 Å². The molecule has 2 fully saturated rings. The van der Waals surface area contributed by atoms with Gasteiger partial charge in [0.05, 0.1) is 17.3 Å². The van der Waals surface area contributed by atoms with E-state index in [1.165, 1.54) is 12.1 Å². The van der Waals surface area contributed by atoms with Gasteiger partial charge < -0.3 is 35.5 Å². The molecule has 1 atom stereocenters. The average Bonchev–Trinajstić information content (AvgIpc) is 3.29. The molecular formula is C47H50F7N5O9. The van der Waals surface area contributed by atoms with Gasteiger partial charge in [0.15, 0.2) is 0 Å². The number of benzene rings is 4. The van der Waals surface area contributed by atoms with Gasteiger partial charge in [-0.1, -0.05) is 72.8 Å². The molecule has 0 aliphatic carbocycles. The second-order valence-corrected chi connectivity index (χ2v) is 16.1. The summed E-state index contributed by atoms with van der Waals surface area (Å²) in [6, 6.07) is 29.5. The number of amides is 1. The number of aromatic nitrogens is 1. The van der Waals surface area contributed by atoms with Gasteiger partial charge in [-0.2, -0.15) is 26.3 Å². The molecule has 0 spiro atoms. The number of alkyl halides is 6. The number of hydrogen-bond donors (Lipinski definition) is 7. The molecule has 5 aromatic rings. The van der Waals surface area contributed by atoms with Crippen LogP contribution in [0.3, 0.4) is 0 Å². The highest BCUT2D eigenvalue weighted by Crippen LogP contribution is 2.30. The summed E-state index contributed by atoms with van der Waals surface area (Å²) in [4.78, 5) is 49.5. The zero-order valence-corrected chi connectivity index (χ0v) is 36.3. The van der Waals surface area contributed by atoms with Gasteiger partial charge in [-0.3, -0.25) is 19.9 Å². The molecule has 1 aromatic heterocycles. The number of halogens is 7. The number of aliphatic carboxylic acids is 2. The van der Waals surface area contributed by atoms with Crippen molar-refractivity contribution in [3.8, 4) is 16.9 Å². The fraction of sp³-hybridized carbons (Fsp3) is 0.362. The number of rotatable bonds is 12. The van der Waals surface area contributed by atoms with E-state index < -0.39 is 36.5 Å². The maximum absolute atomic E-state index is 15.8. The van der Waals surface area contributed by atoms with E-state index in [1.807, 2.05) is 72.8 Å². The van der Waals surface area contributed by atoms with Gasteiger partial charge in [0.2, 0.25) is 5.56 Å². The first-order chi connectivity index (χ1) is 32.2. The Morgan fingerprint density at radius 2 is 1.28 bits per heavy atom. The molecule has 7 N–H and O–H groups in total. The highest BCUT2D eigenvalue weighted by atomic mass is 19.4. The number of H-pyrrole nitrogens is 1. The van der Waals surface area contributed by atoms with Gasteiger partial charge >= 0.3 is 30.4 Å². The summed E-state index contributed by atoms with van der Waals surface area (Å²) < 4.78 is 85.1. The number of nitrogens with one attached hydrogen (secondary N) is 3. The van der Waals surface area contributed by atoms with Crippen LogP contribution in [-0.4, -0.2) is 111 Å². The van der Waals surface area contributed by atoms with Crippen molar-refractivity contribution in [1.82, 2.24) is 20.1 Å². The number of para-hydroxylation sites is 1. The number of hydrogen-bond acceptors (Lipinski definition) is 10. The molecule has 0 bridgehead atoms. The fourth-order valence-electron chi connectivity index (χ4n) is 7.73. The number of carboxylic acids is 2. The predicted octanol–water partition coefficient (Wildman–Crippen LogP) is 8.05. The van der Waals surface area contributed by atoms with Crippen molar-refractivity contribution >= 4 is 34.6 Å². The number of fused-ring (bicyclic) bond motifs is 1. The number of phenolic OH excluding ortho intramolecular Hbond substituents is 1. The quantitative estimate of drug-likeness (QED) is 0.0594. The first-order valence-corrected chi connectivity index (χ1v) is 21.4. The Kier molecular flexibility index (Phi) is 18.5. The normalized spacial score (nSPS) is 15.6. The minimum Gasteiger partial charge on any atom is -0.506 e. The Balaban J connectivity index is 0.000000538. The minimum atomic E-state index is -5.08. The molecule has 3 heterocycles. The number of carbonyl (C=O) groups is 3. The molecule has 2 aliphatic heterocycles. The highest BCUT2D eigenvalue weighted by molar-refractivity contribution is 5.91. The summed E-state index contributed by atoms with van der Waals surface area (Å²) in [7, 11) is 0. The molecular weight excluding hydrogens is 912 g/mol. The van der Waals surface area contributed by atoms with Crippen molar-refractivity contribution in [3.63, 3.8) is 0 Å². The molecule has 68 heavy (non-hydrogen) atoms. The monoisotopic (exact) mass is 961 g/mol. The molecule has 0 radical (unpaired) electrons. The summed E-state index contributed by atoms with van der Waals surface area (Å²) in [6.45, 7) is 5.35. The number of nitrogens with zero attached hydrogens (tertiary/aromatic N) is 2. The van der Waals surface area contributed by atoms with Gasteiger partial charge in [-0.15, -0.1) is 0 Å². The maximum atomic E-state index is 15.8. The first kappa shape index (κ1) is 52.4. The fourth-order valence-corrected chi connectivity index (χ4v) is 7.73. The maximum Gasteiger partial charge on any atom is 0.490 e. The molecule has 366 valence electrons. The number of aromatic amines is 1. The van der Waals surface area contributed by atoms with Crippen LogP contribution < -0.4 is 16.2 Å². The number of carbonyl (C=O) groups excluding carboxylic acids is 1. The standard InChI is InChI=1S/C43H48FN5O5.2C2HF3O2/c44-41-31(27-48-21-17-29(18-22-48)25-45-26-39(51)35-13-15-38(50)42-36(35)14-16-40(52)47-42)9-6-10-32(41)28-49-23-19-33(20-24-49)54-43(53)46-37-12-5-4-11-34(37)30-7-2-1-3-8-30;2*3-2(4,5)1(6)7/h1-16,29,33,39,45,50-51H,17-28H2,(H,46,53)(H,47,52);2*(H,6,7)/t39-;;/m0../s1. The van der Waals surface area contributed by atoms with Crippen LogP contribution in [0.5, 0.6) is 5.75 Å². The molecule has 7 rings (SSSR count).